The van der Waals surface area contributed by atoms with E-state index in [0.29, 0.717) is 22.6 Å². The van der Waals surface area contributed by atoms with Gasteiger partial charge in [0.05, 0.1) is 18.6 Å². The largest absolute Gasteiger partial charge is 0.466 e. The van der Waals surface area contributed by atoms with Crippen LogP contribution in [0.2, 0.25) is 5.02 Å². The quantitative estimate of drug-likeness (QED) is 0.245. The lowest BCUT2D eigenvalue weighted by atomic mass is 9.82. The molecule has 0 bridgehead atoms. The smallest absolute Gasteiger partial charge is 0.314 e. The van der Waals surface area contributed by atoms with Crippen LogP contribution in [0, 0.1) is 11.2 Å². The Labute approximate surface area is 225 Å². The van der Waals surface area contributed by atoms with Gasteiger partial charge in [-0.2, -0.15) is 5.10 Å². The molecule has 10 heteroatoms. The van der Waals surface area contributed by atoms with Crippen molar-refractivity contribution in [1.82, 2.24) is 15.5 Å². The monoisotopic (exact) mass is 543 g/mol. The summed E-state index contributed by atoms with van der Waals surface area (Å²) in [4.78, 5) is 37.5. The number of hydrogen-bond acceptors (Lipinski definition) is 6. The minimum Gasteiger partial charge on any atom is -0.466 e. The number of carbonyl (C=O) groups excluding carboxylic acids is 3. The third kappa shape index (κ3) is 7.26. The summed E-state index contributed by atoms with van der Waals surface area (Å²) >= 11 is 6.04. The van der Waals surface area contributed by atoms with E-state index in [0.717, 1.165) is 5.56 Å². The maximum Gasteiger partial charge on any atom is 0.314 e. The number of ether oxygens (including phenoxy) is 2. The summed E-state index contributed by atoms with van der Waals surface area (Å²) in [6, 6.07) is 12.4. The van der Waals surface area contributed by atoms with Gasteiger partial charge in [-0.05, 0) is 62.1 Å². The molecular weight excluding hydrogens is 513 g/mol. The summed E-state index contributed by atoms with van der Waals surface area (Å²) in [5.41, 5.74) is 1.11. The lowest BCUT2D eigenvalue weighted by molar-refractivity contribution is -0.158. The van der Waals surface area contributed by atoms with E-state index in [4.69, 9.17) is 21.1 Å². The Hall–Kier alpha value is -3.56. The van der Waals surface area contributed by atoms with Gasteiger partial charge in [0, 0.05) is 30.7 Å². The number of ketones is 1. The Kier molecular flexibility index (Phi) is 9.77. The summed E-state index contributed by atoms with van der Waals surface area (Å²) < 4.78 is 24.9. The number of nitrogens with one attached hydrogen (secondary N) is 2. The van der Waals surface area contributed by atoms with Crippen LogP contribution in [0.5, 0.6) is 0 Å². The minimum atomic E-state index is -1.04. The molecule has 202 valence electrons. The maximum atomic E-state index is 14.3. The van der Waals surface area contributed by atoms with E-state index in [2.05, 4.69) is 15.5 Å². The van der Waals surface area contributed by atoms with Crippen LogP contribution in [0.1, 0.15) is 53.7 Å². The number of benzene rings is 2. The predicted molar refractivity (Wildman–Crippen MR) is 142 cm³/mol. The minimum absolute atomic E-state index is 0.0870. The topological polar surface area (TPSA) is 110 Å². The molecule has 0 saturated carbocycles. The van der Waals surface area contributed by atoms with E-state index in [9.17, 15) is 18.8 Å². The number of aromatic amines is 1. The molecule has 3 aromatic rings. The van der Waals surface area contributed by atoms with Gasteiger partial charge >= 0.3 is 5.97 Å². The summed E-state index contributed by atoms with van der Waals surface area (Å²) in [6.45, 7) is 5.10. The Morgan fingerprint density at radius 1 is 1.16 bits per heavy atom. The van der Waals surface area contributed by atoms with Crippen LogP contribution in [0.3, 0.4) is 0 Å². The number of Topliss-reactive ketones (excluding diaryl/α,β-unsaturated/α-hetero) is 1. The van der Waals surface area contributed by atoms with E-state index in [-0.39, 0.29) is 42.6 Å². The highest BCUT2D eigenvalue weighted by atomic mass is 35.5. The standard InChI is InChI=1S/C28H31ClFN3O5/c1-5-38-27(36)28(3,16-37-4)15-21(31-26(35)25-14-24(17(2)34)32-33-25)12-18-6-8-19(9-7-18)22-13-20(29)10-11-23(22)30/h6-11,13-14,21H,5,12,15-16H2,1-4H3,(H,31,35)(H,32,33)/t21-,28+/m1/s1. The zero-order valence-corrected chi connectivity index (χ0v) is 22.5. The van der Waals surface area contributed by atoms with Gasteiger partial charge in [-0.15, -0.1) is 0 Å². The van der Waals surface area contributed by atoms with E-state index >= 15 is 0 Å². The van der Waals surface area contributed by atoms with Crippen molar-refractivity contribution in [2.45, 2.75) is 39.7 Å². The lowest BCUT2D eigenvalue weighted by Crippen LogP contribution is -2.45. The van der Waals surface area contributed by atoms with Gasteiger partial charge in [0.15, 0.2) is 5.78 Å². The molecule has 1 heterocycles. The van der Waals surface area contributed by atoms with Crippen LogP contribution in [0.15, 0.2) is 48.5 Å². The van der Waals surface area contributed by atoms with Crippen LogP contribution in [-0.2, 0) is 20.7 Å². The number of methoxy groups -OCH3 is 1. The number of carbonyl (C=O) groups is 3. The third-order valence-corrected chi connectivity index (χ3v) is 6.36. The zero-order chi connectivity index (χ0) is 27.9. The summed E-state index contributed by atoms with van der Waals surface area (Å²) in [7, 11) is 1.49. The van der Waals surface area contributed by atoms with Crippen LogP contribution in [-0.4, -0.2) is 54.2 Å². The van der Waals surface area contributed by atoms with Crippen LogP contribution >= 0.6 is 11.6 Å². The first-order chi connectivity index (χ1) is 18.1. The molecule has 0 aliphatic carbocycles. The number of H-pyrrole nitrogens is 1. The van der Waals surface area contributed by atoms with Crippen molar-refractivity contribution in [2.75, 3.05) is 20.3 Å². The number of hydrogen-bond donors (Lipinski definition) is 2. The molecule has 0 aliphatic heterocycles. The van der Waals surface area contributed by atoms with Crippen molar-refractivity contribution in [3.05, 3.63) is 76.3 Å². The van der Waals surface area contributed by atoms with Crippen LogP contribution < -0.4 is 5.32 Å². The molecule has 2 N–H and O–H groups in total. The van der Waals surface area contributed by atoms with E-state index in [1.54, 1.807) is 32.0 Å². The molecule has 2 aromatic carbocycles. The molecule has 8 nitrogen and oxygen atoms in total. The fourth-order valence-electron chi connectivity index (χ4n) is 4.25. The molecule has 2 atom stereocenters. The number of halogens is 2. The molecule has 38 heavy (non-hydrogen) atoms. The van der Waals surface area contributed by atoms with Crippen LogP contribution in [0.4, 0.5) is 4.39 Å². The average molecular weight is 544 g/mol. The summed E-state index contributed by atoms with van der Waals surface area (Å²) in [5.74, 6) is -1.57. The normalized spacial score (nSPS) is 13.4. The van der Waals surface area contributed by atoms with Crippen molar-refractivity contribution in [1.29, 1.82) is 0 Å². The average Bonchev–Trinajstić information content (AvgIpc) is 3.37. The molecule has 3 rings (SSSR count). The van der Waals surface area contributed by atoms with Gasteiger partial charge in [0.1, 0.15) is 17.2 Å². The Balaban J connectivity index is 1.87. The molecule has 0 fully saturated rings. The predicted octanol–water partition coefficient (Wildman–Crippen LogP) is 5.02. The first kappa shape index (κ1) is 29.0. The number of rotatable bonds is 12. The van der Waals surface area contributed by atoms with Crippen molar-refractivity contribution >= 4 is 29.3 Å². The SMILES string of the molecule is CCOC(=O)[C@](C)(COC)C[C@@H](Cc1ccc(-c2cc(Cl)ccc2F)cc1)NC(=O)c1cc(C(C)=O)n[nH]1. The van der Waals surface area contributed by atoms with E-state index in [1.807, 2.05) is 12.1 Å². The van der Waals surface area contributed by atoms with Gasteiger partial charge < -0.3 is 14.8 Å². The Morgan fingerprint density at radius 2 is 1.87 bits per heavy atom. The van der Waals surface area contributed by atoms with Crippen LogP contribution in [0.25, 0.3) is 11.1 Å². The van der Waals surface area contributed by atoms with Gasteiger partial charge in [-0.3, -0.25) is 19.5 Å². The highest BCUT2D eigenvalue weighted by molar-refractivity contribution is 6.30. The Morgan fingerprint density at radius 3 is 2.47 bits per heavy atom. The molecular formula is C28H31ClFN3O5. The summed E-state index contributed by atoms with van der Waals surface area (Å²) in [5, 5.41) is 9.82. The summed E-state index contributed by atoms with van der Waals surface area (Å²) in [6.07, 6.45) is 0.570. The second-order valence-corrected chi connectivity index (χ2v) is 9.77. The highest BCUT2D eigenvalue weighted by Crippen LogP contribution is 2.29. The second kappa shape index (κ2) is 12.8. The van der Waals surface area contributed by atoms with Crippen molar-refractivity contribution < 1.29 is 28.2 Å². The van der Waals surface area contributed by atoms with Gasteiger partial charge in [-0.25, -0.2) is 4.39 Å². The fraction of sp³-hybridized carbons (Fsp3) is 0.357. The number of aromatic nitrogens is 2. The number of amides is 1. The van der Waals surface area contributed by atoms with E-state index < -0.39 is 23.3 Å². The van der Waals surface area contributed by atoms with Gasteiger partial charge in [-0.1, -0.05) is 35.9 Å². The maximum absolute atomic E-state index is 14.3. The van der Waals surface area contributed by atoms with Crippen molar-refractivity contribution in [3.63, 3.8) is 0 Å². The molecule has 0 saturated heterocycles. The molecule has 0 aliphatic rings. The number of nitrogens with zero attached hydrogens (tertiary/aromatic N) is 1. The number of esters is 1. The molecule has 1 aromatic heterocycles. The van der Waals surface area contributed by atoms with Crippen molar-refractivity contribution in [3.8, 4) is 11.1 Å². The molecule has 0 unspecified atom stereocenters. The fourth-order valence-corrected chi connectivity index (χ4v) is 4.42. The second-order valence-electron chi connectivity index (χ2n) is 9.34. The molecule has 0 spiro atoms. The molecule has 0 radical (unpaired) electrons. The lowest BCUT2D eigenvalue weighted by Gasteiger charge is -2.31. The highest BCUT2D eigenvalue weighted by Gasteiger charge is 2.38. The van der Waals surface area contributed by atoms with E-state index in [1.165, 1.54) is 32.2 Å². The first-order valence-corrected chi connectivity index (χ1v) is 12.5. The Bertz CT molecular complexity index is 1290. The zero-order valence-electron chi connectivity index (χ0n) is 21.8. The first-order valence-electron chi connectivity index (χ1n) is 12.1. The van der Waals surface area contributed by atoms with Crippen molar-refractivity contribution in [2.24, 2.45) is 5.41 Å². The molecule has 1 amide bonds. The third-order valence-electron chi connectivity index (χ3n) is 6.12. The van der Waals surface area contributed by atoms with Gasteiger partial charge in [0.25, 0.3) is 5.91 Å². The van der Waals surface area contributed by atoms with Gasteiger partial charge in [0.2, 0.25) is 0 Å².